The minimum absolute atomic E-state index is 0. The van der Waals surface area contributed by atoms with Crippen molar-refractivity contribution >= 4 is 24.0 Å². The molecule has 0 fully saturated rings. The molecule has 0 bridgehead atoms. The summed E-state index contributed by atoms with van der Waals surface area (Å²) in [6, 6.07) is 10.3. The molecule has 0 saturated carbocycles. The van der Waals surface area contributed by atoms with Gasteiger partial charge >= 0.3 is 0 Å². The van der Waals surface area contributed by atoms with Crippen LogP contribution >= 0.6 is 12.4 Å². The molecule has 0 spiro atoms. The van der Waals surface area contributed by atoms with E-state index < -0.39 is 0 Å². The molecule has 6 nitrogen and oxygen atoms in total. The Morgan fingerprint density at radius 1 is 1.23 bits per heavy atom. The zero-order chi connectivity index (χ0) is 15.2. The van der Waals surface area contributed by atoms with Gasteiger partial charge in [-0.05, 0) is 24.2 Å². The molecular formula is C15H19ClN4O2. The number of halogens is 1. The van der Waals surface area contributed by atoms with Crippen LogP contribution in [0.3, 0.4) is 0 Å². The van der Waals surface area contributed by atoms with E-state index in [1.807, 2.05) is 31.2 Å². The number of hydrogen-bond donors (Lipinski definition) is 2. The lowest BCUT2D eigenvalue weighted by molar-refractivity contribution is 0.102. The van der Waals surface area contributed by atoms with E-state index in [1.165, 1.54) is 19.2 Å². The van der Waals surface area contributed by atoms with E-state index in [0.717, 1.165) is 22.5 Å². The van der Waals surface area contributed by atoms with Gasteiger partial charge < -0.3 is 10.6 Å². The molecule has 1 aromatic heterocycles. The maximum atomic E-state index is 12.2. The van der Waals surface area contributed by atoms with Gasteiger partial charge in [-0.1, -0.05) is 25.1 Å². The lowest BCUT2D eigenvalue weighted by Crippen LogP contribution is -2.24. The zero-order valence-corrected chi connectivity index (χ0v) is 13.3. The van der Waals surface area contributed by atoms with E-state index >= 15 is 0 Å². The highest BCUT2D eigenvalue weighted by molar-refractivity contribution is 6.03. The van der Waals surface area contributed by atoms with Crippen molar-refractivity contribution in [2.75, 3.05) is 11.9 Å². The number of rotatable bonds is 5. The molecule has 1 heterocycles. The molecule has 2 aromatic rings. The van der Waals surface area contributed by atoms with Crippen molar-refractivity contribution in [2.45, 2.75) is 13.5 Å². The van der Waals surface area contributed by atoms with Gasteiger partial charge in [-0.3, -0.25) is 9.59 Å². The Kier molecular flexibility index (Phi) is 6.75. The second-order valence-electron chi connectivity index (χ2n) is 4.57. The van der Waals surface area contributed by atoms with E-state index in [2.05, 4.69) is 15.7 Å². The summed E-state index contributed by atoms with van der Waals surface area (Å²) in [5, 5.41) is 9.98. The van der Waals surface area contributed by atoms with Crippen LogP contribution in [-0.4, -0.2) is 22.2 Å². The standard InChI is InChI=1S/C15H18N4O2.ClH/c1-3-16-10-11-6-4-5-7-12(11)17-15(21)13-8-9-14(20)19(2)18-13;/h4-9,16H,3,10H2,1-2H3,(H,17,21);1H. The number of aryl methyl sites for hydroxylation is 1. The number of amides is 1. The smallest absolute Gasteiger partial charge is 0.276 e. The summed E-state index contributed by atoms with van der Waals surface area (Å²) < 4.78 is 1.14. The highest BCUT2D eigenvalue weighted by Gasteiger charge is 2.11. The van der Waals surface area contributed by atoms with E-state index in [-0.39, 0.29) is 29.6 Å². The van der Waals surface area contributed by atoms with E-state index in [9.17, 15) is 9.59 Å². The molecule has 0 unspecified atom stereocenters. The third-order valence-electron chi connectivity index (χ3n) is 3.02. The van der Waals surface area contributed by atoms with Crippen LogP contribution < -0.4 is 16.2 Å². The first kappa shape index (κ1) is 17.9. The second-order valence-corrected chi connectivity index (χ2v) is 4.57. The number of nitrogens with one attached hydrogen (secondary N) is 2. The third kappa shape index (κ3) is 4.41. The maximum Gasteiger partial charge on any atom is 0.276 e. The summed E-state index contributed by atoms with van der Waals surface area (Å²) >= 11 is 0. The molecule has 2 rings (SSSR count). The van der Waals surface area contributed by atoms with Gasteiger partial charge in [0.2, 0.25) is 0 Å². The fraction of sp³-hybridized carbons (Fsp3) is 0.267. The quantitative estimate of drug-likeness (QED) is 0.876. The maximum absolute atomic E-state index is 12.2. The highest BCUT2D eigenvalue weighted by atomic mass is 35.5. The monoisotopic (exact) mass is 322 g/mol. The minimum Gasteiger partial charge on any atom is -0.320 e. The molecule has 22 heavy (non-hydrogen) atoms. The Balaban J connectivity index is 0.00000242. The number of aromatic nitrogens is 2. The van der Waals surface area contributed by atoms with Crippen molar-refractivity contribution in [1.82, 2.24) is 15.1 Å². The van der Waals surface area contributed by atoms with Crippen molar-refractivity contribution in [3.05, 3.63) is 58.0 Å². The van der Waals surface area contributed by atoms with Crippen LogP contribution in [-0.2, 0) is 13.6 Å². The van der Waals surface area contributed by atoms with Gasteiger partial charge in [-0.25, -0.2) is 4.68 Å². The summed E-state index contributed by atoms with van der Waals surface area (Å²) in [4.78, 5) is 23.5. The Bertz CT molecular complexity index is 700. The molecule has 118 valence electrons. The molecule has 2 N–H and O–H groups in total. The fourth-order valence-corrected chi connectivity index (χ4v) is 1.87. The summed E-state index contributed by atoms with van der Waals surface area (Å²) in [5.41, 5.74) is 1.69. The molecule has 0 aliphatic heterocycles. The van der Waals surface area contributed by atoms with Crippen LogP contribution in [0.15, 0.2) is 41.2 Å². The van der Waals surface area contributed by atoms with Crippen molar-refractivity contribution in [3.8, 4) is 0 Å². The number of nitrogens with zero attached hydrogens (tertiary/aromatic N) is 2. The van der Waals surface area contributed by atoms with E-state index in [0.29, 0.717) is 6.54 Å². The lowest BCUT2D eigenvalue weighted by Gasteiger charge is -2.11. The van der Waals surface area contributed by atoms with Gasteiger partial charge in [-0.2, -0.15) is 5.10 Å². The number of benzene rings is 1. The summed E-state index contributed by atoms with van der Waals surface area (Å²) in [6.07, 6.45) is 0. The fourth-order valence-electron chi connectivity index (χ4n) is 1.87. The van der Waals surface area contributed by atoms with Crippen LogP contribution in [0, 0.1) is 0 Å². The van der Waals surface area contributed by atoms with Crippen molar-refractivity contribution in [1.29, 1.82) is 0 Å². The molecule has 7 heteroatoms. The van der Waals surface area contributed by atoms with Gasteiger partial charge in [0, 0.05) is 25.3 Å². The molecule has 0 aliphatic carbocycles. The molecular weight excluding hydrogens is 304 g/mol. The highest BCUT2D eigenvalue weighted by Crippen LogP contribution is 2.15. The van der Waals surface area contributed by atoms with Gasteiger partial charge in [-0.15, -0.1) is 12.4 Å². The van der Waals surface area contributed by atoms with Crippen LogP contribution in [0.2, 0.25) is 0 Å². The van der Waals surface area contributed by atoms with Gasteiger partial charge in [0.1, 0.15) is 5.69 Å². The SMILES string of the molecule is CCNCc1ccccc1NC(=O)c1ccc(=O)n(C)n1.Cl. The number of carbonyl (C=O) groups is 1. The van der Waals surface area contributed by atoms with Crippen molar-refractivity contribution in [2.24, 2.45) is 7.05 Å². The Morgan fingerprint density at radius 3 is 2.64 bits per heavy atom. The average molecular weight is 323 g/mol. The summed E-state index contributed by atoms with van der Waals surface area (Å²) in [5.74, 6) is -0.338. The van der Waals surface area contributed by atoms with Crippen molar-refractivity contribution < 1.29 is 4.79 Å². The normalized spacial score (nSPS) is 9.91. The largest absolute Gasteiger partial charge is 0.320 e. The molecule has 1 amide bonds. The summed E-state index contributed by atoms with van der Waals surface area (Å²) in [7, 11) is 1.51. The molecule has 1 aromatic carbocycles. The van der Waals surface area contributed by atoms with Gasteiger partial charge in [0.05, 0.1) is 0 Å². The number of carbonyl (C=O) groups excluding carboxylic acids is 1. The number of para-hydroxylation sites is 1. The first-order chi connectivity index (χ1) is 10.1. The van der Waals surface area contributed by atoms with Crippen LogP contribution in [0.4, 0.5) is 5.69 Å². The topological polar surface area (TPSA) is 76.0 Å². The molecule has 0 radical (unpaired) electrons. The molecule has 0 atom stereocenters. The average Bonchev–Trinajstić information content (AvgIpc) is 2.49. The van der Waals surface area contributed by atoms with Gasteiger partial charge in [0.25, 0.3) is 11.5 Å². The Hall–Kier alpha value is -2.18. The molecule has 0 aliphatic rings. The predicted octanol–water partition coefficient (Wildman–Crippen LogP) is 1.56. The Labute approximate surface area is 135 Å². The summed E-state index contributed by atoms with van der Waals surface area (Å²) in [6.45, 7) is 3.55. The predicted molar refractivity (Wildman–Crippen MR) is 88.5 cm³/mol. The van der Waals surface area contributed by atoms with Gasteiger partial charge in [0.15, 0.2) is 0 Å². The van der Waals surface area contributed by atoms with E-state index in [1.54, 1.807) is 0 Å². The van der Waals surface area contributed by atoms with E-state index in [4.69, 9.17) is 0 Å². The van der Waals surface area contributed by atoms with Crippen LogP contribution in [0.25, 0.3) is 0 Å². The first-order valence-corrected chi connectivity index (χ1v) is 6.76. The first-order valence-electron chi connectivity index (χ1n) is 6.76. The number of anilines is 1. The van der Waals surface area contributed by atoms with Crippen LogP contribution in [0.5, 0.6) is 0 Å². The minimum atomic E-state index is -0.338. The Morgan fingerprint density at radius 2 is 1.95 bits per heavy atom. The van der Waals surface area contributed by atoms with Crippen molar-refractivity contribution in [3.63, 3.8) is 0 Å². The third-order valence-corrected chi connectivity index (χ3v) is 3.02. The zero-order valence-electron chi connectivity index (χ0n) is 12.5. The number of hydrogen-bond acceptors (Lipinski definition) is 4. The second kappa shape index (κ2) is 8.31. The lowest BCUT2D eigenvalue weighted by atomic mass is 10.1. The van der Waals surface area contributed by atoms with Crippen LogP contribution in [0.1, 0.15) is 23.0 Å². The molecule has 0 saturated heterocycles.